The number of rotatable bonds is 0. The predicted molar refractivity (Wildman–Crippen MR) is 49.3 cm³/mol. The molecule has 0 saturated carbocycles. The largest absolute Gasteiger partial charge is 0.324 e. The topological polar surface area (TPSA) is 26.0 Å². The van der Waals surface area contributed by atoms with Crippen molar-refractivity contribution < 1.29 is 0 Å². The van der Waals surface area contributed by atoms with Gasteiger partial charge in [0.1, 0.15) is 0 Å². The van der Waals surface area contributed by atoms with Crippen LogP contribution in [0.15, 0.2) is 22.8 Å². The van der Waals surface area contributed by atoms with Crippen molar-refractivity contribution >= 4 is 0 Å². The molecule has 2 unspecified atom stereocenters. The second-order valence-electron chi connectivity index (χ2n) is 3.54. The lowest BCUT2D eigenvalue weighted by Crippen LogP contribution is -2.31. The van der Waals surface area contributed by atoms with Gasteiger partial charge in [-0.1, -0.05) is 24.1 Å². The van der Waals surface area contributed by atoms with Crippen molar-refractivity contribution in [2.45, 2.75) is 33.7 Å². The third-order valence-corrected chi connectivity index (χ3v) is 2.76. The van der Waals surface area contributed by atoms with Crippen molar-refractivity contribution in [2.75, 3.05) is 0 Å². The number of hydrogen-bond donors (Lipinski definition) is 1. The molecule has 0 aromatic heterocycles. The maximum Gasteiger partial charge on any atom is 0.0317 e. The van der Waals surface area contributed by atoms with Crippen LogP contribution in [-0.4, -0.2) is 6.04 Å². The lowest BCUT2D eigenvalue weighted by atomic mass is 9.84. The average Bonchev–Trinajstić information content (AvgIpc) is 1.97. The maximum absolute atomic E-state index is 5.97. The van der Waals surface area contributed by atoms with Gasteiger partial charge in [0, 0.05) is 6.04 Å². The molecule has 0 fully saturated rings. The van der Waals surface area contributed by atoms with Crippen LogP contribution in [0.3, 0.4) is 0 Å². The van der Waals surface area contributed by atoms with E-state index in [4.69, 9.17) is 5.73 Å². The molecule has 1 rings (SSSR count). The Kier molecular flexibility index (Phi) is 2.19. The minimum atomic E-state index is 0.235. The van der Waals surface area contributed by atoms with Crippen LogP contribution in [-0.2, 0) is 0 Å². The van der Waals surface area contributed by atoms with Gasteiger partial charge in [0.2, 0.25) is 0 Å². The first-order valence-electron chi connectivity index (χ1n) is 4.15. The van der Waals surface area contributed by atoms with Crippen LogP contribution in [0.2, 0.25) is 0 Å². The van der Waals surface area contributed by atoms with E-state index >= 15 is 0 Å². The van der Waals surface area contributed by atoms with Crippen LogP contribution < -0.4 is 5.73 Å². The molecule has 0 amide bonds. The van der Waals surface area contributed by atoms with E-state index < -0.39 is 0 Å². The van der Waals surface area contributed by atoms with Crippen molar-refractivity contribution in [3.63, 3.8) is 0 Å². The quantitative estimate of drug-likeness (QED) is 0.564. The Morgan fingerprint density at radius 1 is 1.27 bits per heavy atom. The molecule has 62 valence electrons. The highest BCUT2D eigenvalue weighted by molar-refractivity contribution is 5.38. The first kappa shape index (κ1) is 8.54. The summed E-state index contributed by atoms with van der Waals surface area (Å²) in [6.45, 7) is 8.60. The second-order valence-corrected chi connectivity index (χ2v) is 3.54. The lowest BCUT2D eigenvalue weighted by Gasteiger charge is -2.26. The Hall–Kier alpha value is -0.560. The van der Waals surface area contributed by atoms with Gasteiger partial charge in [-0.15, -0.1) is 0 Å². The normalized spacial score (nSPS) is 32.3. The summed E-state index contributed by atoms with van der Waals surface area (Å²) < 4.78 is 0. The van der Waals surface area contributed by atoms with Crippen LogP contribution in [0.1, 0.15) is 27.7 Å². The fourth-order valence-corrected chi connectivity index (χ4v) is 1.58. The molecule has 0 radical (unpaired) electrons. The van der Waals surface area contributed by atoms with E-state index in [1.165, 1.54) is 16.7 Å². The van der Waals surface area contributed by atoms with E-state index in [0.29, 0.717) is 5.92 Å². The molecule has 1 aliphatic carbocycles. The van der Waals surface area contributed by atoms with Gasteiger partial charge in [-0.2, -0.15) is 0 Å². The summed E-state index contributed by atoms with van der Waals surface area (Å²) in [5.41, 5.74) is 10.1. The summed E-state index contributed by atoms with van der Waals surface area (Å²) in [5, 5.41) is 0. The van der Waals surface area contributed by atoms with Crippen LogP contribution >= 0.6 is 0 Å². The van der Waals surface area contributed by atoms with Crippen LogP contribution in [0, 0.1) is 5.92 Å². The number of nitrogens with two attached hydrogens (primary N) is 1. The Labute approximate surface area is 69.0 Å². The van der Waals surface area contributed by atoms with Gasteiger partial charge in [0.15, 0.2) is 0 Å². The average molecular weight is 151 g/mol. The molecule has 0 aromatic rings. The molecule has 1 nitrogen and oxygen atoms in total. The van der Waals surface area contributed by atoms with Gasteiger partial charge in [0.25, 0.3) is 0 Å². The first-order valence-corrected chi connectivity index (χ1v) is 4.15. The van der Waals surface area contributed by atoms with Crippen molar-refractivity contribution in [1.29, 1.82) is 0 Å². The molecule has 2 N–H and O–H groups in total. The van der Waals surface area contributed by atoms with Crippen LogP contribution in [0.25, 0.3) is 0 Å². The maximum atomic E-state index is 5.97. The Morgan fingerprint density at radius 2 is 1.82 bits per heavy atom. The van der Waals surface area contributed by atoms with E-state index in [1.807, 2.05) is 0 Å². The highest BCUT2D eigenvalue weighted by Gasteiger charge is 2.19. The van der Waals surface area contributed by atoms with E-state index in [1.54, 1.807) is 0 Å². The van der Waals surface area contributed by atoms with Gasteiger partial charge in [0.05, 0.1) is 0 Å². The summed E-state index contributed by atoms with van der Waals surface area (Å²) in [7, 11) is 0. The van der Waals surface area contributed by atoms with E-state index in [2.05, 4.69) is 33.8 Å². The minimum absolute atomic E-state index is 0.235. The Morgan fingerprint density at radius 3 is 2.36 bits per heavy atom. The van der Waals surface area contributed by atoms with Crippen molar-refractivity contribution in [3.8, 4) is 0 Å². The van der Waals surface area contributed by atoms with Gasteiger partial charge < -0.3 is 5.73 Å². The predicted octanol–water partition coefficient (Wildman–Crippen LogP) is 2.25. The molecule has 11 heavy (non-hydrogen) atoms. The van der Waals surface area contributed by atoms with Gasteiger partial charge in [-0.3, -0.25) is 0 Å². The minimum Gasteiger partial charge on any atom is -0.324 e. The lowest BCUT2D eigenvalue weighted by molar-refractivity contribution is 0.585. The second kappa shape index (κ2) is 2.82. The van der Waals surface area contributed by atoms with Gasteiger partial charge >= 0.3 is 0 Å². The molecule has 2 atom stereocenters. The molecule has 0 aliphatic heterocycles. The number of allylic oxidation sites excluding steroid dienone is 2. The van der Waals surface area contributed by atoms with Gasteiger partial charge in [-0.05, 0) is 32.3 Å². The highest BCUT2D eigenvalue weighted by atomic mass is 14.7. The Balaban J connectivity index is 3.02. The molecule has 0 saturated heterocycles. The third kappa shape index (κ3) is 1.38. The monoisotopic (exact) mass is 151 g/mol. The third-order valence-electron chi connectivity index (χ3n) is 2.76. The van der Waals surface area contributed by atoms with E-state index in [-0.39, 0.29) is 6.04 Å². The molecular formula is C10H17N. The molecule has 0 bridgehead atoms. The van der Waals surface area contributed by atoms with E-state index in [0.717, 1.165) is 0 Å². The summed E-state index contributed by atoms with van der Waals surface area (Å²) in [4.78, 5) is 0. The molecule has 0 spiro atoms. The highest BCUT2D eigenvalue weighted by Crippen LogP contribution is 2.26. The molecule has 0 aromatic carbocycles. The molecule has 1 aliphatic rings. The zero-order chi connectivity index (χ0) is 8.59. The zero-order valence-corrected chi connectivity index (χ0v) is 7.81. The fraction of sp³-hybridized carbons (Fsp3) is 0.600. The molecule has 1 heteroatoms. The van der Waals surface area contributed by atoms with E-state index in [9.17, 15) is 0 Å². The summed E-state index contributed by atoms with van der Waals surface area (Å²) in [6, 6.07) is 0.235. The van der Waals surface area contributed by atoms with Crippen LogP contribution in [0.5, 0.6) is 0 Å². The van der Waals surface area contributed by atoms with Gasteiger partial charge in [-0.25, -0.2) is 0 Å². The number of hydrogen-bond acceptors (Lipinski definition) is 1. The van der Waals surface area contributed by atoms with Crippen molar-refractivity contribution in [1.82, 2.24) is 0 Å². The first-order chi connectivity index (χ1) is 5.04. The summed E-state index contributed by atoms with van der Waals surface area (Å²) >= 11 is 0. The van der Waals surface area contributed by atoms with Crippen molar-refractivity contribution in [2.24, 2.45) is 11.7 Å². The smallest absolute Gasteiger partial charge is 0.0317 e. The van der Waals surface area contributed by atoms with Crippen LogP contribution in [0.4, 0.5) is 0 Å². The van der Waals surface area contributed by atoms with Crippen molar-refractivity contribution in [3.05, 3.63) is 22.8 Å². The fourth-order valence-electron chi connectivity index (χ4n) is 1.58. The summed E-state index contributed by atoms with van der Waals surface area (Å²) in [5.74, 6) is 0.499. The molecule has 0 heterocycles. The zero-order valence-electron chi connectivity index (χ0n) is 7.81. The Bertz CT molecular complexity index is 223. The SMILES string of the molecule is CC1=CC(C)C(N)C(C)=C1C. The summed E-state index contributed by atoms with van der Waals surface area (Å²) in [6.07, 6.45) is 2.26. The standard InChI is InChI=1S/C10H17N/c1-6-5-7(2)10(11)9(4)8(6)3/h5,7,10H,11H2,1-4H3. The molecular weight excluding hydrogens is 134 g/mol.